The zero-order valence-electron chi connectivity index (χ0n) is 47.4. The number of allylic oxidation sites excluding steroid dienone is 3. The number of carbonyl (C=O) groups is 2. The topological polar surface area (TPSA) is 150 Å². The van der Waals surface area contributed by atoms with Crippen molar-refractivity contribution in [2.45, 2.75) is 222 Å². The van der Waals surface area contributed by atoms with Gasteiger partial charge in [0, 0.05) is 31.2 Å². The van der Waals surface area contributed by atoms with Gasteiger partial charge in [0.2, 0.25) is 0 Å². The molecule has 0 heterocycles. The average Bonchev–Trinajstić information content (AvgIpc) is 3.18. The van der Waals surface area contributed by atoms with E-state index in [1.807, 2.05) is 39.0 Å². The van der Waals surface area contributed by atoms with E-state index in [9.17, 15) is 19.8 Å². The van der Waals surface area contributed by atoms with Gasteiger partial charge in [-0.15, -0.1) is 0 Å². The highest BCUT2D eigenvalue weighted by molar-refractivity contribution is 6.75. The number of aliphatic hydroxyl groups is 2. The Bertz CT molecular complexity index is 1630. The summed E-state index contributed by atoms with van der Waals surface area (Å²) in [4.78, 5) is 30.9. The van der Waals surface area contributed by atoms with Gasteiger partial charge in [0.15, 0.2) is 25.0 Å². The van der Waals surface area contributed by atoms with E-state index in [0.29, 0.717) is 0 Å². The minimum Gasteiger partial charge on any atom is -0.445 e. The van der Waals surface area contributed by atoms with Crippen LogP contribution < -0.4 is 5.73 Å². The number of ether oxygens (including phenoxy) is 1. The molecule has 0 saturated heterocycles. The first-order chi connectivity index (χ1) is 30.1. The molecule has 11 nitrogen and oxygen atoms in total. The van der Waals surface area contributed by atoms with E-state index < -0.39 is 67.3 Å². The van der Waals surface area contributed by atoms with E-state index in [2.05, 4.69) is 149 Å². The summed E-state index contributed by atoms with van der Waals surface area (Å²) in [7, 11) is -3.89. The summed E-state index contributed by atoms with van der Waals surface area (Å²) in [6.07, 6.45) is 8.33. The lowest BCUT2D eigenvalue weighted by Gasteiger charge is -2.45. The molecule has 0 fully saturated rings. The Balaban J connectivity index is 6.94. The minimum atomic E-state index is -2.37. The molecule has 0 aromatic rings. The molecule has 0 aromatic heterocycles. The van der Waals surface area contributed by atoms with Crippen LogP contribution in [0.4, 0.5) is 4.79 Å². The van der Waals surface area contributed by atoms with Gasteiger partial charge >= 0.3 is 6.09 Å². The maximum Gasteiger partial charge on any atom is 0.404 e. The number of nitrogens with zero attached hydrogens (tertiary/aromatic N) is 1. The Morgan fingerprint density at radius 3 is 1.52 bits per heavy atom. The van der Waals surface area contributed by atoms with Crippen molar-refractivity contribution in [1.82, 2.24) is 5.06 Å². The number of rotatable bonds is 27. The van der Waals surface area contributed by atoms with E-state index in [-0.39, 0.29) is 69.2 Å². The second-order valence-electron chi connectivity index (χ2n) is 24.6. The summed E-state index contributed by atoms with van der Waals surface area (Å²) in [5.41, 5.74) is 6.88. The van der Waals surface area contributed by atoms with E-state index in [4.69, 9.17) is 28.6 Å². The Hall–Kier alpha value is -1.89. The fourth-order valence-electron chi connectivity index (χ4n) is 7.95. The molecule has 4 N–H and O–H groups in total. The van der Waals surface area contributed by atoms with Crippen molar-refractivity contribution in [2.75, 3.05) is 14.2 Å². The largest absolute Gasteiger partial charge is 0.445 e. The SMILES string of the molecule is C=CC=C[C@H](C)[C@H](OC(N)=O)[C@@H](C)[C@H](O[Si](C)(C)C(C)(C)C)[C@@H](C)CC(C)=C[C@H](C)[C@@H](O[Si](C)(C)C(C)(C)C)[C@@H](C)C=C[C@@H](O)C[C@H](O)[C@H](C)[C@H](O[Si](C)(C)C(C)(C)C)[C@@H](C)C(=O)N(C)OC. The van der Waals surface area contributed by atoms with Gasteiger partial charge in [0.1, 0.15) is 6.10 Å². The number of hydrogen-bond donors (Lipinski definition) is 3. The molecule has 13 atom stereocenters. The van der Waals surface area contributed by atoms with Crippen molar-refractivity contribution in [1.29, 1.82) is 0 Å². The number of carbonyl (C=O) groups excluding carboxylic acids is 2. The summed E-state index contributed by atoms with van der Waals surface area (Å²) >= 11 is 0. The number of hydrogen-bond acceptors (Lipinski definition) is 9. The van der Waals surface area contributed by atoms with Gasteiger partial charge in [-0.2, -0.15) is 0 Å². The Kier molecular flexibility index (Phi) is 25.8. The molecule has 0 unspecified atom stereocenters. The third-order valence-electron chi connectivity index (χ3n) is 15.6. The number of hydroxylamine groups is 2. The van der Waals surface area contributed by atoms with Gasteiger partial charge in [0.05, 0.1) is 43.5 Å². The maximum absolute atomic E-state index is 13.4. The zero-order valence-corrected chi connectivity index (χ0v) is 50.4. The van der Waals surface area contributed by atoms with Crippen molar-refractivity contribution < 1.29 is 42.7 Å². The van der Waals surface area contributed by atoms with E-state index in [0.717, 1.165) is 6.42 Å². The molecule has 392 valence electrons. The van der Waals surface area contributed by atoms with Crippen LogP contribution >= 0.6 is 0 Å². The normalized spacial score (nSPS) is 20.0. The first-order valence-corrected chi connectivity index (χ1v) is 33.6. The van der Waals surface area contributed by atoms with Crippen LogP contribution in [0, 0.1) is 41.4 Å². The van der Waals surface area contributed by atoms with E-state index in [1.54, 1.807) is 19.2 Å². The molecule has 14 heteroatoms. The third kappa shape index (κ3) is 20.0. The molecule has 0 bridgehead atoms. The Morgan fingerprint density at radius 1 is 0.672 bits per heavy atom. The van der Waals surface area contributed by atoms with E-state index >= 15 is 0 Å². The zero-order chi connectivity index (χ0) is 53.0. The first kappa shape index (κ1) is 65.1. The van der Waals surface area contributed by atoms with Gasteiger partial charge in [-0.3, -0.25) is 9.63 Å². The number of amides is 2. The molecule has 0 aliphatic rings. The number of nitrogens with two attached hydrogens (primary N) is 1. The number of primary amides is 1. The Labute approximate surface area is 414 Å². The quantitative estimate of drug-likeness (QED) is 0.0316. The highest BCUT2D eigenvalue weighted by Gasteiger charge is 2.46. The van der Waals surface area contributed by atoms with Crippen molar-refractivity contribution in [3.05, 3.63) is 48.6 Å². The van der Waals surface area contributed by atoms with Crippen LogP contribution in [-0.4, -0.2) is 103 Å². The summed E-state index contributed by atoms with van der Waals surface area (Å²) in [6.45, 7) is 53.7. The number of aliphatic hydroxyl groups excluding tert-OH is 2. The summed E-state index contributed by atoms with van der Waals surface area (Å²) in [6, 6.07) is 0. The highest BCUT2D eigenvalue weighted by Crippen LogP contribution is 2.43. The molecule has 0 spiro atoms. The van der Waals surface area contributed by atoms with Gasteiger partial charge in [-0.1, -0.05) is 159 Å². The summed E-state index contributed by atoms with van der Waals surface area (Å²) in [5, 5.41) is 24.2. The predicted octanol–water partition coefficient (Wildman–Crippen LogP) is 12.8. The fraction of sp³-hybridized carbons (Fsp3) is 0.811. The van der Waals surface area contributed by atoms with Gasteiger partial charge < -0.3 is 34.0 Å². The predicted molar refractivity (Wildman–Crippen MR) is 288 cm³/mol. The third-order valence-corrected chi connectivity index (χ3v) is 29.0. The van der Waals surface area contributed by atoms with Gasteiger partial charge in [-0.25, -0.2) is 9.86 Å². The Morgan fingerprint density at radius 2 is 1.10 bits per heavy atom. The molecule has 0 aliphatic heterocycles. The molecule has 0 rings (SSSR count). The van der Waals surface area contributed by atoms with Crippen LogP contribution in [0.3, 0.4) is 0 Å². The smallest absolute Gasteiger partial charge is 0.404 e. The lowest BCUT2D eigenvalue weighted by Crippen LogP contribution is -2.52. The van der Waals surface area contributed by atoms with E-state index in [1.165, 1.54) is 17.7 Å². The van der Waals surface area contributed by atoms with Crippen molar-refractivity contribution in [2.24, 2.45) is 47.2 Å². The standard InChI is InChI=1S/C53H104N2O9Si3/c1-27-28-29-36(3)46(61-50(54)59)41(8)47(63-66(23,24)52(13,14)15)39(6)33-35(2)32-38(5)45(62-65(21,22)51(10,11)12)37(4)30-31-43(56)34-44(57)40(7)48(42(9)49(58)55(19)60-20)64-67(25,26)53(16,17)18/h27-32,36-48,56-57H,1,33-34H2,2-26H3,(H2,54,59)/t36-,37-,38-,39-,40-,41+,42+,43+,44-,45-,46-,47+,48-/m0/s1. The minimum absolute atomic E-state index is 0.00780. The van der Waals surface area contributed by atoms with Crippen molar-refractivity contribution in [3.63, 3.8) is 0 Å². The van der Waals surface area contributed by atoms with Crippen LogP contribution in [0.25, 0.3) is 0 Å². The molecule has 0 aromatic carbocycles. The maximum atomic E-state index is 13.4. The van der Waals surface area contributed by atoms with Crippen LogP contribution in [0.1, 0.15) is 131 Å². The molecule has 2 amide bonds. The second kappa shape index (κ2) is 26.5. The van der Waals surface area contributed by atoms with Gasteiger partial charge in [0.25, 0.3) is 5.91 Å². The van der Waals surface area contributed by atoms with Crippen LogP contribution in [0.5, 0.6) is 0 Å². The molecule has 0 aliphatic carbocycles. The monoisotopic (exact) mass is 997 g/mol. The van der Waals surface area contributed by atoms with Crippen LogP contribution in [0.15, 0.2) is 48.6 Å². The van der Waals surface area contributed by atoms with Crippen LogP contribution in [0.2, 0.25) is 54.4 Å². The average molecular weight is 998 g/mol. The van der Waals surface area contributed by atoms with Gasteiger partial charge in [-0.05, 0) is 85.5 Å². The van der Waals surface area contributed by atoms with Crippen molar-refractivity contribution >= 4 is 37.0 Å². The first-order valence-electron chi connectivity index (χ1n) is 24.9. The molecule has 67 heavy (non-hydrogen) atoms. The summed E-state index contributed by atoms with van der Waals surface area (Å²) in [5.74, 6) is -1.59. The molecular weight excluding hydrogens is 893 g/mol. The highest BCUT2D eigenvalue weighted by atomic mass is 28.4. The summed E-state index contributed by atoms with van der Waals surface area (Å²) < 4.78 is 27.2. The van der Waals surface area contributed by atoms with Crippen LogP contribution in [-0.2, 0) is 27.6 Å². The second-order valence-corrected chi connectivity index (χ2v) is 38.9. The molecule has 0 radical (unpaired) electrons. The lowest BCUT2D eigenvalue weighted by atomic mass is 9.81. The molecule has 0 saturated carbocycles. The lowest BCUT2D eigenvalue weighted by molar-refractivity contribution is -0.177. The molecular formula is C53H104N2O9Si3. The van der Waals surface area contributed by atoms with Crippen molar-refractivity contribution in [3.8, 4) is 0 Å². The fourth-order valence-corrected chi connectivity index (χ4v) is 12.4.